The highest BCUT2D eigenvalue weighted by Crippen LogP contribution is 2.48. The number of hydrogen-bond acceptors (Lipinski definition) is 27. The molecule has 0 spiro atoms. The molecule has 4 aliphatic heterocycles. The van der Waals surface area contributed by atoms with Gasteiger partial charge in [0.2, 0.25) is 35.4 Å². The molecule has 0 aliphatic carbocycles. The van der Waals surface area contributed by atoms with E-state index >= 15 is 0 Å². The number of carbonyl (C=O) groups is 8. The first kappa shape index (κ1) is 88.1. The Morgan fingerprint density at radius 3 is 1.64 bits per heavy atom. The lowest BCUT2D eigenvalue weighted by molar-refractivity contribution is -0.270. The monoisotopic (exact) mass is 1500 g/mol. The van der Waals surface area contributed by atoms with Crippen molar-refractivity contribution in [3.63, 3.8) is 0 Å². The van der Waals surface area contributed by atoms with Crippen molar-refractivity contribution in [3.8, 4) is 0 Å². The Morgan fingerprint density at radius 1 is 0.576 bits per heavy atom. The first-order valence-corrected chi connectivity index (χ1v) is 39.2. The fourth-order valence-corrected chi connectivity index (χ4v) is 14.3. The topological polar surface area (TPSA) is 484 Å². The van der Waals surface area contributed by atoms with Gasteiger partial charge in [-0.15, -0.1) is 0 Å². The van der Waals surface area contributed by atoms with Crippen LogP contribution >= 0.6 is 27.2 Å². The lowest BCUT2D eigenvalue weighted by Crippen LogP contribution is -2.64. The third kappa shape index (κ3) is 33.1. The van der Waals surface area contributed by atoms with Crippen molar-refractivity contribution in [3.05, 3.63) is 0 Å². The molecular formula is C62H110N6O27P2S2. The number of Topliss-reactive ketones (excluding diaryl/α,β-unsaturated/α-hetero) is 2. The minimum atomic E-state index is -4.77. The van der Waals surface area contributed by atoms with E-state index in [9.17, 15) is 88.5 Å². The van der Waals surface area contributed by atoms with Crippen LogP contribution < -0.4 is 21.3 Å². The smallest absolute Gasteiger partial charge is 0.394 e. The quantitative estimate of drug-likeness (QED) is 0.0211. The third-order valence-electron chi connectivity index (χ3n) is 17.3. The van der Waals surface area contributed by atoms with Gasteiger partial charge in [-0.2, -0.15) is 12.6 Å². The number of likely N-dealkylation sites (tertiary alicyclic amines) is 2. The molecule has 33 nitrogen and oxygen atoms in total. The zero-order valence-corrected chi connectivity index (χ0v) is 60.4. The number of ether oxygens (including phenoxy) is 4. The van der Waals surface area contributed by atoms with Crippen molar-refractivity contribution >= 4 is 86.0 Å². The summed E-state index contributed by atoms with van der Waals surface area (Å²) in [7, 11) is -4.77. The molecule has 9 unspecified atom stereocenters. The highest BCUT2D eigenvalue weighted by Gasteiger charge is 2.47. The van der Waals surface area contributed by atoms with E-state index in [1.807, 2.05) is 0 Å². The molecular weight excluding hydrogens is 1390 g/mol. The number of thiol groups is 1. The summed E-state index contributed by atoms with van der Waals surface area (Å²) in [6, 6.07) is -3.62. The molecule has 14 N–H and O–H groups in total. The van der Waals surface area contributed by atoms with Crippen LogP contribution in [0, 0.1) is 5.92 Å². The summed E-state index contributed by atoms with van der Waals surface area (Å²) in [6.07, 6.45) is -3.32. The number of β-amino-alcohol motifs (C(OH)–C–C–N with tert-alkyl or cyclic N) is 1. The van der Waals surface area contributed by atoms with E-state index in [0.29, 0.717) is 128 Å². The molecule has 4 rings (SSSR count). The summed E-state index contributed by atoms with van der Waals surface area (Å²) < 4.78 is 57.1. The summed E-state index contributed by atoms with van der Waals surface area (Å²) in [5.74, 6) is -2.40. The second-order valence-corrected chi connectivity index (χ2v) is 30.2. The van der Waals surface area contributed by atoms with E-state index in [4.69, 9.17) is 54.0 Å². The Bertz CT molecular complexity index is 2580. The van der Waals surface area contributed by atoms with Crippen LogP contribution in [0.15, 0.2) is 0 Å². The fourth-order valence-electron chi connectivity index (χ4n) is 12.1. The first-order valence-electron chi connectivity index (χ1n) is 34.5. The Hall–Kier alpha value is -3.33. The molecule has 0 bridgehead atoms. The van der Waals surface area contributed by atoms with Gasteiger partial charge in [0.15, 0.2) is 12.6 Å². The summed E-state index contributed by atoms with van der Waals surface area (Å²) in [4.78, 5) is 126. The number of hydrogen-bond donors (Lipinski definition) is 15. The SMILES string of the molecule is CC(=O)NC1[C@H](OCCCCC(=O)NCCCC[C@H](CC(=O)CCCCOC2OC(CO)[C@H](O)[C@H](O)[C@@H]2NC(C)=O)C(=O)NCCCCCC(=O)CCCCCCC(=O)N2C[C@H](O)CC2COP(=O)(O)O[C@@H]2CC(COP(O)(=S)OCCO)N(C(=O)CCCS)C2)OC(CO)C(O)[C@@H]1O. The zero-order chi connectivity index (χ0) is 73.1. The van der Waals surface area contributed by atoms with E-state index in [2.05, 4.69) is 33.9 Å². The average molecular weight is 1500 g/mol. The molecule has 4 heterocycles. The second kappa shape index (κ2) is 47.2. The molecule has 37 heteroatoms. The normalized spacial score (nSPS) is 27.0. The average Bonchev–Trinajstić information content (AvgIpc) is 1.67. The van der Waals surface area contributed by atoms with E-state index in [1.165, 1.54) is 23.6 Å². The summed E-state index contributed by atoms with van der Waals surface area (Å²) in [6.45, 7) is -3.16. The first-order chi connectivity index (χ1) is 47.1. The summed E-state index contributed by atoms with van der Waals surface area (Å²) >= 11 is 9.13. The van der Waals surface area contributed by atoms with Crippen LogP contribution in [0.3, 0.4) is 0 Å². The Kier molecular flexibility index (Phi) is 42.0. The minimum absolute atomic E-state index is 0.00766. The summed E-state index contributed by atoms with van der Waals surface area (Å²) in [5.41, 5.74) is 0. The van der Waals surface area contributed by atoms with Gasteiger partial charge in [-0.3, -0.25) is 47.4 Å². The standard InChI is InChI=1S/C62H110N6O27P2S2/c1-40(72)65-54-58(82)56(80)49(36-70)93-61(54)88-27-14-10-20-46(75)31-42(17-9-13-24-63-51(77)21-11-15-28-89-62-55(66-41(2)73)59(83)57(81)50(37-71)94-62)60(84)64-25-12-5-7-19-45(74)18-6-3-4-8-22-52(78)67-34-47(76)32-43(67)38-91-96(85,86)95-48-33-44(39-92-97(87,99)90-29-26-69)68(35-48)53(79)23-16-30-98/h42-44,47-50,54-59,61-62,69-71,76,80-83,98H,3-39H2,1-2H3,(H,63,77)(H,64,84)(H,65,72)(H,66,73)(H,85,86)(H,87,99)/t42-,43?,44?,47-,48-,49?,50?,54+,55?,56+,57?,58-,59-,61?,62-,97?/m1/s1. The molecule has 4 aliphatic rings. The molecule has 6 amide bonds. The van der Waals surface area contributed by atoms with Crippen molar-refractivity contribution in [1.29, 1.82) is 0 Å². The lowest BCUT2D eigenvalue weighted by atomic mass is 9.93. The Labute approximate surface area is 589 Å². The zero-order valence-electron chi connectivity index (χ0n) is 56.9. The molecule has 4 saturated heterocycles. The number of aliphatic hydroxyl groups excluding tert-OH is 8. The van der Waals surface area contributed by atoms with E-state index < -0.39 is 144 Å². The van der Waals surface area contributed by atoms with Crippen LogP contribution in [0.25, 0.3) is 0 Å². The van der Waals surface area contributed by atoms with Crippen molar-refractivity contribution in [2.75, 3.05) is 84.8 Å². The van der Waals surface area contributed by atoms with Crippen molar-refractivity contribution in [2.45, 2.75) is 254 Å². The number of phosphoric acid groups is 1. The van der Waals surface area contributed by atoms with Gasteiger partial charge in [-0.05, 0) is 101 Å². The number of nitrogens with one attached hydrogen (secondary N) is 4. The highest BCUT2D eigenvalue weighted by molar-refractivity contribution is 8.07. The predicted molar refractivity (Wildman–Crippen MR) is 360 cm³/mol. The number of carbonyl (C=O) groups excluding carboxylic acids is 8. The molecule has 0 radical (unpaired) electrons. The number of nitrogens with zero attached hydrogens (tertiary/aromatic N) is 2. The summed E-state index contributed by atoms with van der Waals surface area (Å²) in [5, 5.41) is 91.1. The van der Waals surface area contributed by atoms with Gasteiger partial charge < -0.3 is 110 Å². The van der Waals surface area contributed by atoms with Crippen LogP contribution in [0.5, 0.6) is 0 Å². The molecule has 4 fully saturated rings. The number of phosphoric ester groups is 1. The molecule has 99 heavy (non-hydrogen) atoms. The largest absolute Gasteiger partial charge is 0.472 e. The van der Waals surface area contributed by atoms with Crippen LogP contribution in [0.4, 0.5) is 0 Å². The minimum Gasteiger partial charge on any atom is -0.394 e. The molecule has 0 aromatic rings. The van der Waals surface area contributed by atoms with Gasteiger partial charge >= 0.3 is 14.5 Å². The van der Waals surface area contributed by atoms with Crippen LogP contribution in [-0.4, -0.2) is 278 Å². The van der Waals surface area contributed by atoms with E-state index in [1.54, 1.807) is 0 Å². The van der Waals surface area contributed by atoms with Crippen LogP contribution in [0.2, 0.25) is 0 Å². The Morgan fingerprint density at radius 2 is 1.07 bits per heavy atom. The van der Waals surface area contributed by atoms with E-state index in [0.717, 1.165) is 0 Å². The van der Waals surface area contributed by atoms with Crippen molar-refractivity contribution in [2.24, 2.45) is 5.92 Å². The fraction of sp³-hybridized carbons (Fsp3) is 0.871. The third-order valence-corrected chi connectivity index (χ3v) is 20.3. The highest BCUT2D eigenvalue weighted by atomic mass is 32.5. The van der Waals surface area contributed by atoms with Crippen LogP contribution in [-0.2, 0) is 91.8 Å². The van der Waals surface area contributed by atoms with Gasteiger partial charge in [0, 0.05) is 104 Å². The van der Waals surface area contributed by atoms with Gasteiger partial charge in [-0.25, -0.2) is 4.57 Å². The van der Waals surface area contributed by atoms with Gasteiger partial charge in [0.25, 0.3) is 0 Å². The maximum atomic E-state index is 13.6. The second-order valence-electron chi connectivity index (χ2n) is 25.5. The molecule has 0 aromatic carbocycles. The van der Waals surface area contributed by atoms with Gasteiger partial charge in [-0.1, -0.05) is 25.7 Å². The maximum Gasteiger partial charge on any atom is 0.472 e. The molecule has 17 atom stereocenters. The lowest BCUT2D eigenvalue weighted by Gasteiger charge is -2.42. The van der Waals surface area contributed by atoms with Gasteiger partial charge in [0.1, 0.15) is 60.3 Å². The number of ketones is 2. The number of aliphatic hydroxyl groups is 8. The van der Waals surface area contributed by atoms with E-state index in [-0.39, 0.29) is 120 Å². The number of amides is 6. The number of unbranched alkanes of at least 4 members (excludes halogenated alkanes) is 8. The molecule has 0 aromatic heterocycles. The van der Waals surface area contributed by atoms with Crippen molar-refractivity contribution in [1.82, 2.24) is 31.1 Å². The predicted octanol–water partition coefficient (Wildman–Crippen LogP) is -0.287. The molecule has 572 valence electrons. The van der Waals surface area contributed by atoms with Crippen LogP contribution in [0.1, 0.15) is 168 Å². The maximum absolute atomic E-state index is 13.6. The number of rotatable bonds is 51. The molecule has 0 saturated carbocycles. The van der Waals surface area contributed by atoms with Crippen molar-refractivity contribution < 1.29 is 131 Å². The van der Waals surface area contributed by atoms with Gasteiger partial charge in [0.05, 0.1) is 63.9 Å². The Balaban J connectivity index is 1.15.